The molecule has 0 aliphatic carbocycles. The summed E-state index contributed by atoms with van der Waals surface area (Å²) in [7, 11) is 0. The number of halogens is 2. The Morgan fingerprint density at radius 1 is 1.42 bits per heavy atom. The van der Waals surface area contributed by atoms with Crippen LogP contribution in [0.3, 0.4) is 0 Å². The lowest BCUT2D eigenvalue weighted by Crippen LogP contribution is -1.81. The van der Waals surface area contributed by atoms with Gasteiger partial charge >= 0.3 is 0 Å². The quantitative estimate of drug-likeness (QED) is 0.633. The molecule has 0 bridgehead atoms. The normalized spacial score (nSPS) is 9.08. The van der Waals surface area contributed by atoms with Crippen LogP contribution in [0.2, 0.25) is 10.0 Å². The third-order valence-electron chi connectivity index (χ3n) is 1.39. The van der Waals surface area contributed by atoms with Crippen LogP contribution < -0.4 is 0 Å². The van der Waals surface area contributed by atoms with Gasteiger partial charge < -0.3 is 0 Å². The lowest BCUT2D eigenvalue weighted by molar-refractivity contribution is 1.52. The molecule has 0 heterocycles. The highest BCUT2D eigenvalue weighted by Gasteiger charge is 2.03. The van der Waals surface area contributed by atoms with Crippen LogP contribution >= 0.6 is 23.2 Å². The Kier molecular flexibility index (Phi) is 2.75. The monoisotopic (exact) mass is 197 g/mol. The smallest absolute Gasteiger partial charge is 0.0992 e. The molecule has 0 aromatic heterocycles. The van der Waals surface area contributed by atoms with Crippen molar-refractivity contribution in [1.82, 2.24) is 0 Å². The molecule has 3 heteroatoms. The van der Waals surface area contributed by atoms with Gasteiger partial charge in [0.15, 0.2) is 0 Å². The molecule has 0 aliphatic rings. The molecule has 0 spiro atoms. The van der Waals surface area contributed by atoms with Crippen molar-refractivity contribution in [2.75, 3.05) is 0 Å². The summed E-state index contributed by atoms with van der Waals surface area (Å²) < 4.78 is 0. The molecule has 0 saturated carbocycles. The summed E-state index contributed by atoms with van der Waals surface area (Å²) in [5.41, 5.74) is 0.911. The molecule has 0 unspecified atom stereocenters. The molecule has 1 rings (SSSR count). The summed E-state index contributed by atoms with van der Waals surface area (Å²) in [6.07, 6.45) is 0. The van der Waals surface area contributed by atoms with Crippen LogP contribution in [0.15, 0.2) is 24.8 Å². The summed E-state index contributed by atoms with van der Waals surface area (Å²) in [6, 6.07) is 6.84. The number of allylic oxidation sites excluding steroid dienone is 1. The molecule has 0 aliphatic heterocycles. The minimum Gasteiger partial charge on any atom is -0.192 e. The molecule has 0 saturated heterocycles. The molecule has 1 nitrogen and oxygen atoms in total. The maximum Gasteiger partial charge on any atom is 0.0992 e. The van der Waals surface area contributed by atoms with Gasteiger partial charge in [-0.2, -0.15) is 5.26 Å². The topological polar surface area (TPSA) is 23.8 Å². The number of benzene rings is 1. The van der Waals surface area contributed by atoms with Crippen LogP contribution in [-0.4, -0.2) is 0 Å². The van der Waals surface area contributed by atoms with Crippen molar-refractivity contribution in [2.45, 2.75) is 0 Å². The second-order valence-corrected chi connectivity index (χ2v) is 3.06. The van der Waals surface area contributed by atoms with E-state index in [1.54, 1.807) is 18.2 Å². The fourth-order valence-corrected chi connectivity index (χ4v) is 1.19. The SMILES string of the molecule is C=C(C#N)c1cc(Cl)ccc1Cl. The molecular weight excluding hydrogens is 193 g/mol. The highest BCUT2D eigenvalue weighted by Crippen LogP contribution is 2.25. The zero-order chi connectivity index (χ0) is 9.14. The van der Waals surface area contributed by atoms with E-state index in [-0.39, 0.29) is 0 Å². The van der Waals surface area contributed by atoms with Crippen molar-refractivity contribution in [2.24, 2.45) is 0 Å². The van der Waals surface area contributed by atoms with Gasteiger partial charge in [0.1, 0.15) is 0 Å². The first kappa shape index (κ1) is 9.12. The summed E-state index contributed by atoms with van der Waals surface area (Å²) >= 11 is 11.5. The predicted octanol–water partition coefficient (Wildman–Crippen LogP) is 3.53. The maximum atomic E-state index is 8.55. The molecule has 0 atom stereocenters. The zero-order valence-corrected chi connectivity index (χ0v) is 7.65. The highest BCUT2D eigenvalue weighted by atomic mass is 35.5. The summed E-state index contributed by atoms with van der Waals surface area (Å²) in [5, 5.41) is 9.59. The van der Waals surface area contributed by atoms with Crippen LogP contribution in [0, 0.1) is 11.3 Å². The van der Waals surface area contributed by atoms with Gasteiger partial charge in [0.05, 0.1) is 11.6 Å². The van der Waals surface area contributed by atoms with Crippen LogP contribution in [0.5, 0.6) is 0 Å². The van der Waals surface area contributed by atoms with Gasteiger partial charge in [-0.1, -0.05) is 29.8 Å². The number of rotatable bonds is 1. The molecular formula is C9H5Cl2N. The van der Waals surface area contributed by atoms with E-state index in [2.05, 4.69) is 6.58 Å². The highest BCUT2D eigenvalue weighted by molar-refractivity contribution is 6.34. The molecule has 0 radical (unpaired) electrons. The first-order valence-electron chi connectivity index (χ1n) is 3.19. The van der Waals surface area contributed by atoms with E-state index in [0.29, 0.717) is 21.2 Å². The van der Waals surface area contributed by atoms with Crippen LogP contribution in [0.25, 0.3) is 5.57 Å². The Morgan fingerprint density at radius 3 is 2.67 bits per heavy atom. The molecule has 0 fully saturated rings. The van der Waals surface area contributed by atoms with Crippen molar-refractivity contribution < 1.29 is 0 Å². The lowest BCUT2D eigenvalue weighted by atomic mass is 10.1. The van der Waals surface area contributed by atoms with E-state index in [0.717, 1.165) is 0 Å². The number of nitriles is 1. The Morgan fingerprint density at radius 2 is 2.08 bits per heavy atom. The minimum atomic E-state index is 0.322. The maximum absolute atomic E-state index is 8.55. The van der Waals surface area contributed by atoms with Gasteiger partial charge in [-0.05, 0) is 18.2 Å². The van der Waals surface area contributed by atoms with Gasteiger partial charge in [-0.15, -0.1) is 0 Å². The average Bonchev–Trinajstić information content (AvgIpc) is 2.08. The lowest BCUT2D eigenvalue weighted by Gasteiger charge is -2.00. The van der Waals surface area contributed by atoms with Crippen molar-refractivity contribution in [3.05, 3.63) is 40.4 Å². The largest absolute Gasteiger partial charge is 0.192 e. The van der Waals surface area contributed by atoms with Crippen molar-refractivity contribution in [3.63, 3.8) is 0 Å². The standard InChI is InChI=1S/C9H5Cl2N/c1-6(5-12)8-4-7(10)2-3-9(8)11/h2-4H,1H2. The van der Waals surface area contributed by atoms with E-state index >= 15 is 0 Å². The Balaban J connectivity index is 3.25. The summed E-state index contributed by atoms with van der Waals surface area (Å²) in [6.45, 7) is 3.54. The van der Waals surface area contributed by atoms with E-state index in [9.17, 15) is 0 Å². The molecule has 0 amide bonds. The van der Waals surface area contributed by atoms with Crippen LogP contribution in [0.4, 0.5) is 0 Å². The first-order chi connectivity index (χ1) is 5.65. The average molecular weight is 198 g/mol. The fraction of sp³-hybridized carbons (Fsp3) is 0. The van der Waals surface area contributed by atoms with E-state index in [4.69, 9.17) is 28.5 Å². The Bertz CT molecular complexity index is 363. The van der Waals surface area contributed by atoms with Gasteiger partial charge in [0, 0.05) is 15.6 Å². The summed E-state index contributed by atoms with van der Waals surface area (Å²) in [5.74, 6) is 0. The molecule has 12 heavy (non-hydrogen) atoms. The van der Waals surface area contributed by atoms with E-state index in [1.807, 2.05) is 6.07 Å². The number of hydrogen-bond acceptors (Lipinski definition) is 1. The van der Waals surface area contributed by atoms with E-state index in [1.165, 1.54) is 0 Å². The minimum absolute atomic E-state index is 0.322. The molecule has 60 valence electrons. The van der Waals surface area contributed by atoms with Gasteiger partial charge in [0.25, 0.3) is 0 Å². The van der Waals surface area contributed by atoms with Crippen molar-refractivity contribution in [1.29, 1.82) is 5.26 Å². The van der Waals surface area contributed by atoms with E-state index < -0.39 is 0 Å². The summed E-state index contributed by atoms with van der Waals surface area (Å²) in [4.78, 5) is 0. The third kappa shape index (κ3) is 1.79. The Labute approximate surface area is 80.8 Å². The molecule has 1 aromatic rings. The fourth-order valence-electron chi connectivity index (χ4n) is 0.789. The third-order valence-corrected chi connectivity index (χ3v) is 1.95. The first-order valence-corrected chi connectivity index (χ1v) is 3.95. The van der Waals surface area contributed by atoms with Crippen LogP contribution in [0.1, 0.15) is 5.56 Å². The molecule has 0 N–H and O–H groups in total. The van der Waals surface area contributed by atoms with Gasteiger partial charge in [0.2, 0.25) is 0 Å². The van der Waals surface area contributed by atoms with Gasteiger partial charge in [-0.3, -0.25) is 0 Å². The zero-order valence-electron chi connectivity index (χ0n) is 6.14. The molecule has 1 aromatic carbocycles. The second-order valence-electron chi connectivity index (χ2n) is 2.21. The number of hydrogen-bond donors (Lipinski definition) is 0. The van der Waals surface area contributed by atoms with Gasteiger partial charge in [-0.25, -0.2) is 0 Å². The number of nitrogens with zero attached hydrogens (tertiary/aromatic N) is 1. The Hall–Kier alpha value is -0.970. The van der Waals surface area contributed by atoms with Crippen molar-refractivity contribution >= 4 is 28.8 Å². The predicted molar refractivity (Wildman–Crippen MR) is 51.1 cm³/mol. The van der Waals surface area contributed by atoms with Crippen LogP contribution in [-0.2, 0) is 0 Å². The van der Waals surface area contributed by atoms with Crippen molar-refractivity contribution in [3.8, 4) is 6.07 Å². The second kappa shape index (κ2) is 3.62.